The molecule has 35 heavy (non-hydrogen) atoms. The van der Waals surface area contributed by atoms with Crippen LogP contribution in [0.25, 0.3) is 16.7 Å². The number of nitrogens with zero attached hydrogens (tertiary/aromatic N) is 6. The molecule has 0 N–H and O–H groups in total. The topological polar surface area (TPSA) is 76.0 Å². The van der Waals surface area contributed by atoms with Crippen LogP contribution in [-0.4, -0.2) is 70.0 Å². The number of aromatic nitrogens is 3. The maximum Gasteiger partial charge on any atom is 0.410 e. The lowest BCUT2D eigenvalue weighted by Gasteiger charge is -2.41. The lowest BCUT2D eigenvalue weighted by atomic mass is 10.1. The molecule has 3 aromatic rings. The number of anilines is 2. The third-order valence-electron chi connectivity index (χ3n) is 6.03. The predicted molar refractivity (Wildman–Crippen MR) is 127 cm³/mol. The van der Waals surface area contributed by atoms with Crippen LogP contribution >= 0.6 is 0 Å². The summed E-state index contributed by atoms with van der Waals surface area (Å²) < 4.78 is 35.2. The van der Waals surface area contributed by atoms with Gasteiger partial charge in [0, 0.05) is 37.9 Å². The molecular weight excluding hydrogens is 458 g/mol. The van der Waals surface area contributed by atoms with E-state index in [1.807, 2.05) is 27.7 Å². The first-order valence-electron chi connectivity index (χ1n) is 11.6. The van der Waals surface area contributed by atoms with Crippen LogP contribution in [0.5, 0.6) is 0 Å². The van der Waals surface area contributed by atoms with E-state index in [9.17, 15) is 13.6 Å². The summed E-state index contributed by atoms with van der Waals surface area (Å²) >= 11 is 0. The summed E-state index contributed by atoms with van der Waals surface area (Å²) in [6.07, 6.45) is 2.86. The van der Waals surface area contributed by atoms with Crippen molar-refractivity contribution in [2.45, 2.75) is 39.3 Å². The van der Waals surface area contributed by atoms with Gasteiger partial charge in [0.25, 0.3) is 0 Å². The van der Waals surface area contributed by atoms with Crippen LogP contribution in [0.2, 0.25) is 0 Å². The van der Waals surface area contributed by atoms with Crippen molar-refractivity contribution in [3.8, 4) is 5.69 Å². The molecule has 2 aromatic heterocycles. The minimum atomic E-state index is -0.676. The van der Waals surface area contributed by atoms with E-state index in [-0.39, 0.29) is 12.1 Å². The molecule has 1 unspecified atom stereocenters. The van der Waals surface area contributed by atoms with Gasteiger partial charge in [0.05, 0.1) is 29.9 Å². The molecule has 11 heteroatoms. The van der Waals surface area contributed by atoms with Crippen LogP contribution in [0.1, 0.15) is 27.7 Å². The Labute approximate surface area is 201 Å². The van der Waals surface area contributed by atoms with Gasteiger partial charge in [0.2, 0.25) is 0 Å². The van der Waals surface area contributed by atoms with Crippen LogP contribution in [-0.2, 0) is 9.57 Å². The Kier molecular flexibility index (Phi) is 5.74. The van der Waals surface area contributed by atoms with Crippen molar-refractivity contribution in [3.63, 3.8) is 0 Å². The van der Waals surface area contributed by atoms with Gasteiger partial charge in [-0.15, -0.1) is 0 Å². The summed E-state index contributed by atoms with van der Waals surface area (Å²) in [6.45, 7) is 10.3. The number of amides is 1. The third kappa shape index (κ3) is 4.47. The summed E-state index contributed by atoms with van der Waals surface area (Å²) in [4.78, 5) is 31.1. The van der Waals surface area contributed by atoms with Crippen molar-refractivity contribution in [2.24, 2.45) is 0 Å². The second-order valence-electron chi connectivity index (χ2n) is 9.81. The van der Waals surface area contributed by atoms with Crippen LogP contribution in [0, 0.1) is 11.6 Å². The zero-order chi connectivity index (χ0) is 24.9. The first-order chi connectivity index (χ1) is 16.6. The van der Waals surface area contributed by atoms with Gasteiger partial charge in [-0.25, -0.2) is 28.6 Å². The van der Waals surface area contributed by atoms with E-state index in [4.69, 9.17) is 9.57 Å². The minimum Gasteiger partial charge on any atom is -0.444 e. The van der Waals surface area contributed by atoms with Crippen molar-refractivity contribution >= 4 is 28.6 Å². The number of benzene rings is 1. The van der Waals surface area contributed by atoms with E-state index >= 15 is 0 Å². The van der Waals surface area contributed by atoms with Crippen LogP contribution in [0.3, 0.4) is 0 Å². The summed E-state index contributed by atoms with van der Waals surface area (Å²) in [5, 5.41) is 2.44. The van der Waals surface area contributed by atoms with Crippen LogP contribution in [0.15, 0.2) is 30.7 Å². The molecule has 1 amide bonds. The molecule has 2 saturated heterocycles. The number of hydrogen-bond acceptors (Lipinski definition) is 7. The zero-order valence-electron chi connectivity index (χ0n) is 20.2. The molecular formula is C24H28F2N6O3. The molecule has 0 radical (unpaired) electrons. The first kappa shape index (κ1) is 23.3. The fraction of sp³-hybridized carbons (Fsp3) is 0.458. The Balaban J connectivity index is 1.53. The molecule has 2 fully saturated rings. The quantitative estimate of drug-likeness (QED) is 0.556. The van der Waals surface area contributed by atoms with Gasteiger partial charge in [0.1, 0.15) is 29.4 Å². The number of fused-ring (bicyclic) bond motifs is 1. The van der Waals surface area contributed by atoms with Crippen molar-refractivity contribution < 1.29 is 23.1 Å². The van der Waals surface area contributed by atoms with Crippen molar-refractivity contribution in [3.05, 3.63) is 42.4 Å². The lowest BCUT2D eigenvalue weighted by molar-refractivity contribution is 0.0218. The van der Waals surface area contributed by atoms with Gasteiger partial charge in [-0.3, -0.25) is 9.40 Å². The van der Waals surface area contributed by atoms with E-state index in [2.05, 4.69) is 14.9 Å². The Morgan fingerprint density at radius 2 is 1.83 bits per heavy atom. The average molecular weight is 487 g/mol. The van der Waals surface area contributed by atoms with E-state index < -0.39 is 17.2 Å². The van der Waals surface area contributed by atoms with Crippen LogP contribution < -0.4 is 9.96 Å². The third-order valence-corrected chi connectivity index (χ3v) is 6.03. The number of carbonyl (C=O) groups is 1. The molecule has 0 aliphatic carbocycles. The van der Waals surface area contributed by atoms with Crippen molar-refractivity contribution in [1.82, 2.24) is 19.4 Å². The maximum absolute atomic E-state index is 14.0. The number of piperazine rings is 1. The molecule has 1 aromatic carbocycles. The molecule has 2 aliphatic heterocycles. The minimum absolute atomic E-state index is 0.0607. The predicted octanol–water partition coefficient (Wildman–Crippen LogP) is 3.90. The number of halogens is 2. The molecule has 0 bridgehead atoms. The normalized spacial score (nSPS) is 18.7. The van der Waals surface area contributed by atoms with Gasteiger partial charge < -0.3 is 14.5 Å². The van der Waals surface area contributed by atoms with Gasteiger partial charge in [-0.1, -0.05) is 0 Å². The molecule has 2 aliphatic rings. The fourth-order valence-corrected chi connectivity index (χ4v) is 4.45. The monoisotopic (exact) mass is 486 g/mol. The summed E-state index contributed by atoms with van der Waals surface area (Å²) in [7, 11) is 0. The summed E-state index contributed by atoms with van der Waals surface area (Å²) in [6, 6.07) is 3.29. The molecule has 0 spiro atoms. The Hall–Kier alpha value is -3.47. The highest BCUT2D eigenvalue weighted by atomic mass is 19.1. The summed E-state index contributed by atoms with van der Waals surface area (Å²) in [5.41, 5.74) is 0.967. The molecule has 4 heterocycles. The van der Waals surface area contributed by atoms with Gasteiger partial charge in [-0.05, 0) is 39.8 Å². The van der Waals surface area contributed by atoms with E-state index in [1.54, 1.807) is 20.7 Å². The molecule has 5 rings (SSSR count). The number of ether oxygens (including phenoxy) is 1. The number of hydrogen-bond donors (Lipinski definition) is 0. The number of rotatable bonds is 3. The van der Waals surface area contributed by atoms with E-state index in [0.717, 1.165) is 11.5 Å². The highest BCUT2D eigenvalue weighted by molar-refractivity contribution is 6.00. The fourth-order valence-electron chi connectivity index (χ4n) is 4.45. The second-order valence-corrected chi connectivity index (χ2v) is 9.81. The van der Waals surface area contributed by atoms with Gasteiger partial charge >= 0.3 is 6.09 Å². The standard InChI is InChI=1S/C24H28F2N6O3/c1-15-12-29(23(33)35-24(2,3)4)5-6-30(15)21-20-19(32-7-8-34-32)13-31(22(20)28-14-27-21)18-10-16(25)9-17(26)11-18/h9-11,13-15H,5-8,12H2,1-4H3. The largest absolute Gasteiger partial charge is 0.444 e. The average Bonchev–Trinajstić information content (AvgIpc) is 3.10. The van der Waals surface area contributed by atoms with Crippen LogP contribution in [0.4, 0.5) is 25.1 Å². The highest BCUT2D eigenvalue weighted by Gasteiger charge is 2.33. The summed E-state index contributed by atoms with van der Waals surface area (Å²) in [5.74, 6) is -0.679. The van der Waals surface area contributed by atoms with Gasteiger partial charge in [-0.2, -0.15) is 0 Å². The Bertz CT molecular complexity index is 1250. The van der Waals surface area contributed by atoms with Gasteiger partial charge in [0.15, 0.2) is 5.65 Å². The highest BCUT2D eigenvalue weighted by Crippen LogP contribution is 2.38. The lowest BCUT2D eigenvalue weighted by Crippen LogP contribution is -2.55. The molecule has 1 atom stereocenters. The Morgan fingerprint density at radius 1 is 1.11 bits per heavy atom. The number of hydroxylamine groups is 1. The SMILES string of the molecule is CC1CN(C(=O)OC(C)(C)C)CCN1c1ncnc2c1c(N1CCO1)cn2-c1cc(F)cc(F)c1. The number of carbonyl (C=O) groups excluding carboxylic acids is 1. The zero-order valence-corrected chi connectivity index (χ0v) is 20.2. The van der Waals surface area contributed by atoms with Crippen molar-refractivity contribution in [1.29, 1.82) is 0 Å². The van der Waals surface area contributed by atoms with E-state index in [1.165, 1.54) is 18.5 Å². The smallest absolute Gasteiger partial charge is 0.410 e. The molecule has 186 valence electrons. The Morgan fingerprint density at radius 3 is 2.43 bits per heavy atom. The van der Waals surface area contributed by atoms with Crippen molar-refractivity contribution in [2.75, 3.05) is 42.7 Å². The van der Waals surface area contributed by atoms with E-state index in [0.29, 0.717) is 55.6 Å². The molecule has 0 saturated carbocycles. The molecule has 9 nitrogen and oxygen atoms in total. The first-order valence-corrected chi connectivity index (χ1v) is 11.6. The maximum atomic E-state index is 14.0. The second kappa shape index (κ2) is 8.63.